The Morgan fingerprint density at radius 3 is 2.65 bits per heavy atom. The van der Waals surface area contributed by atoms with Crippen LogP contribution in [0.15, 0.2) is 24.3 Å². The van der Waals surface area contributed by atoms with Crippen molar-refractivity contribution >= 4 is 0 Å². The molecule has 1 atom stereocenters. The molecule has 0 saturated heterocycles. The van der Waals surface area contributed by atoms with E-state index in [-0.39, 0.29) is 6.04 Å². The summed E-state index contributed by atoms with van der Waals surface area (Å²) >= 11 is 0. The van der Waals surface area contributed by atoms with Gasteiger partial charge in [0.1, 0.15) is 11.6 Å². The summed E-state index contributed by atoms with van der Waals surface area (Å²) in [5.41, 5.74) is 8.55. The smallest absolute Gasteiger partial charge is 0.147 e. The van der Waals surface area contributed by atoms with Crippen molar-refractivity contribution in [2.75, 3.05) is 0 Å². The molecule has 0 fully saturated rings. The van der Waals surface area contributed by atoms with Crippen LogP contribution in [0.5, 0.6) is 0 Å². The van der Waals surface area contributed by atoms with Crippen molar-refractivity contribution in [3.05, 3.63) is 47.0 Å². The molecule has 4 heteroatoms. The molecule has 0 bridgehead atoms. The lowest BCUT2D eigenvalue weighted by atomic mass is 10.1. The van der Waals surface area contributed by atoms with Crippen LogP contribution in [-0.4, -0.2) is 14.8 Å². The molecule has 0 aliphatic heterocycles. The van der Waals surface area contributed by atoms with Gasteiger partial charge in [0, 0.05) is 6.04 Å². The lowest BCUT2D eigenvalue weighted by Gasteiger charge is -2.13. The molecule has 0 spiro atoms. The van der Waals surface area contributed by atoms with E-state index in [4.69, 9.17) is 5.73 Å². The minimum atomic E-state index is -0.0466. The SMILES string of the molecule is Cc1cccc(C(N)Cn2nc(C)nc2C)c1. The van der Waals surface area contributed by atoms with Gasteiger partial charge in [-0.3, -0.25) is 0 Å². The van der Waals surface area contributed by atoms with Gasteiger partial charge >= 0.3 is 0 Å². The molecule has 2 aromatic rings. The topological polar surface area (TPSA) is 56.7 Å². The molecule has 90 valence electrons. The average molecular weight is 230 g/mol. The fourth-order valence-corrected chi connectivity index (χ4v) is 1.93. The van der Waals surface area contributed by atoms with Gasteiger partial charge in [-0.1, -0.05) is 29.8 Å². The van der Waals surface area contributed by atoms with Gasteiger partial charge in [-0.05, 0) is 26.3 Å². The molecule has 0 radical (unpaired) electrons. The minimum absolute atomic E-state index is 0.0466. The second kappa shape index (κ2) is 4.67. The largest absolute Gasteiger partial charge is 0.322 e. The zero-order chi connectivity index (χ0) is 12.4. The van der Waals surface area contributed by atoms with Gasteiger partial charge in [0.25, 0.3) is 0 Å². The molecule has 0 saturated carbocycles. The van der Waals surface area contributed by atoms with Crippen molar-refractivity contribution in [3.63, 3.8) is 0 Å². The normalized spacial score (nSPS) is 12.7. The average Bonchev–Trinajstić information content (AvgIpc) is 2.57. The number of aromatic nitrogens is 3. The van der Waals surface area contributed by atoms with Gasteiger partial charge in [0.2, 0.25) is 0 Å². The van der Waals surface area contributed by atoms with Crippen LogP contribution < -0.4 is 5.73 Å². The van der Waals surface area contributed by atoms with Crippen LogP contribution >= 0.6 is 0 Å². The first kappa shape index (κ1) is 11.8. The summed E-state index contributed by atoms with van der Waals surface area (Å²) in [6.45, 7) is 6.57. The maximum Gasteiger partial charge on any atom is 0.147 e. The van der Waals surface area contributed by atoms with Crippen LogP contribution in [0.3, 0.4) is 0 Å². The number of hydrogen-bond acceptors (Lipinski definition) is 3. The first-order valence-electron chi connectivity index (χ1n) is 5.76. The summed E-state index contributed by atoms with van der Waals surface area (Å²) in [4.78, 5) is 4.27. The summed E-state index contributed by atoms with van der Waals surface area (Å²) in [7, 11) is 0. The van der Waals surface area contributed by atoms with Gasteiger partial charge in [-0.25, -0.2) is 9.67 Å². The number of nitrogens with zero attached hydrogens (tertiary/aromatic N) is 3. The molecule has 1 aromatic heterocycles. The molecule has 1 aromatic carbocycles. The Kier molecular flexibility index (Phi) is 3.24. The Morgan fingerprint density at radius 1 is 1.29 bits per heavy atom. The number of rotatable bonds is 3. The quantitative estimate of drug-likeness (QED) is 0.876. The third kappa shape index (κ3) is 2.71. The predicted octanol–water partition coefficient (Wildman–Crippen LogP) is 1.90. The Labute approximate surface area is 101 Å². The fraction of sp³-hybridized carbons (Fsp3) is 0.385. The minimum Gasteiger partial charge on any atom is -0.322 e. The van der Waals surface area contributed by atoms with E-state index in [9.17, 15) is 0 Å². The van der Waals surface area contributed by atoms with Crippen LogP contribution in [-0.2, 0) is 6.54 Å². The van der Waals surface area contributed by atoms with Crippen molar-refractivity contribution in [2.45, 2.75) is 33.4 Å². The number of benzene rings is 1. The third-order valence-electron chi connectivity index (χ3n) is 2.80. The third-order valence-corrected chi connectivity index (χ3v) is 2.80. The lowest BCUT2D eigenvalue weighted by molar-refractivity contribution is 0.513. The van der Waals surface area contributed by atoms with E-state index in [0.717, 1.165) is 17.2 Å². The molecule has 0 aliphatic carbocycles. The number of aryl methyl sites for hydroxylation is 3. The maximum atomic E-state index is 6.19. The highest BCUT2D eigenvalue weighted by Crippen LogP contribution is 2.14. The highest BCUT2D eigenvalue weighted by Gasteiger charge is 2.10. The van der Waals surface area contributed by atoms with Crippen LogP contribution in [0, 0.1) is 20.8 Å². The molecule has 17 heavy (non-hydrogen) atoms. The van der Waals surface area contributed by atoms with Crippen LogP contribution in [0.1, 0.15) is 28.8 Å². The van der Waals surface area contributed by atoms with Gasteiger partial charge in [0.05, 0.1) is 6.54 Å². The first-order chi connectivity index (χ1) is 8.06. The summed E-state index contributed by atoms with van der Waals surface area (Å²) < 4.78 is 1.86. The zero-order valence-corrected chi connectivity index (χ0v) is 10.5. The van der Waals surface area contributed by atoms with Crippen molar-refractivity contribution in [1.29, 1.82) is 0 Å². The standard InChI is InChI=1S/C13H18N4/c1-9-5-4-6-12(7-9)13(14)8-17-11(3)15-10(2)16-17/h4-7,13H,8,14H2,1-3H3. The zero-order valence-electron chi connectivity index (χ0n) is 10.5. The monoisotopic (exact) mass is 230 g/mol. The van der Waals surface area contributed by atoms with Gasteiger partial charge in [-0.2, -0.15) is 5.10 Å². The van der Waals surface area contributed by atoms with Crippen LogP contribution in [0.25, 0.3) is 0 Å². The molecule has 0 aliphatic rings. The second-order valence-electron chi connectivity index (χ2n) is 4.41. The van der Waals surface area contributed by atoms with Crippen molar-refractivity contribution in [1.82, 2.24) is 14.8 Å². The first-order valence-corrected chi connectivity index (χ1v) is 5.76. The highest BCUT2D eigenvalue weighted by molar-refractivity contribution is 5.24. The van der Waals surface area contributed by atoms with E-state index in [0.29, 0.717) is 6.54 Å². The highest BCUT2D eigenvalue weighted by atomic mass is 15.3. The molecule has 1 unspecified atom stereocenters. The van der Waals surface area contributed by atoms with E-state index in [1.54, 1.807) is 0 Å². The maximum absolute atomic E-state index is 6.19. The Balaban J connectivity index is 2.16. The lowest BCUT2D eigenvalue weighted by Crippen LogP contribution is -2.19. The number of hydrogen-bond donors (Lipinski definition) is 1. The Hall–Kier alpha value is -1.68. The molecular formula is C13H18N4. The second-order valence-corrected chi connectivity index (χ2v) is 4.41. The van der Waals surface area contributed by atoms with Gasteiger partial charge < -0.3 is 5.73 Å². The predicted molar refractivity (Wildman–Crippen MR) is 67.6 cm³/mol. The van der Waals surface area contributed by atoms with Crippen molar-refractivity contribution in [2.24, 2.45) is 5.73 Å². The summed E-state index contributed by atoms with van der Waals surface area (Å²) in [5, 5.41) is 4.32. The van der Waals surface area contributed by atoms with E-state index in [2.05, 4.69) is 35.2 Å². The van der Waals surface area contributed by atoms with E-state index < -0.39 is 0 Å². The van der Waals surface area contributed by atoms with E-state index in [1.165, 1.54) is 5.56 Å². The molecule has 0 amide bonds. The summed E-state index contributed by atoms with van der Waals surface area (Å²) in [6, 6.07) is 8.22. The van der Waals surface area contributed by atoms with Crippen LogP contribution in [0.2, 0.25) is 0 Å². The molecule has 2 rings (SSSR count). The molecule has 1 heterocycles. The van der Waals surface area contributed by atoms with Gasteiger partial charge in [-0.15, -0.1) is 0 Å². The van der Waals surface area contributed by atoms with E-state index in [1.807, 2.05) is 24.6 Å². The van der Waals surface area contributed by atoms with Gasteiger partial charge in [0.15, 0.2) is 0 Å². The number of nitrogens with two attached hydrogens (primary N) is 1. The molecule has 4 nitrogen and oxygen atoms in total. The Morgan fingerprint density at radius 2 is 2.06 bits per heavy atom. The summed E-state index contributed by atoms with van der Waals surface area (Å²) in [5.74, 6) is 1.70. The van der Waals surface area contributed by atoms with Crippen LogP contribution in [0.4, 0.5) is 0 Å². The Bertz CT molecular complexity index is 516. The van der Waals surface area contributed by atoms with E-state index >= 15 is 0 Å². The fourth-order valence-electron chi connectivity index (χ4n) is 1.93. The molecular weight excluding hydrogens is 212 g/mol. The van der Waals surface area contributed by atoms with Crippen molar-refractivity contribution < 1.29 is 0 Å². The molecule has 2 N–H and O–H groups in total. The van der Waals surface area contributed by atoms with Crippen molar-refractivity contribution in [3.8, 4) is 0 Å². The summed E-state index contributed by atoms with van der Waals surface area (Å²) in [6.07, 6.45) is 0.